The quantitative estimate of drug-likeness (QED) is 0.678. The summed E-state index contributed by atoms with van der Waals surface area (Å²) < 4.78 is 0. The number of fused-ring (bicyclic) bond motifs is 1. The van der Waals surface area contributed by atoms with Crippen molar-refractivity contribution < 1.29 is 0 Å². The molecule has 1 atom stereocenters. The molecule has 1 aliphatic heterocycles. The van der Waals surface area contributed by atoms with Crippen molar-refractivity contribution >= 4 is 22.4 Å². The van der Waals surface area contributed by atoms with Crippen molar-refractivity contribution in [3.63, 3.8) is 0 Å². The molecule has 2 aromatic heterocycles. The number of nitrogens with zero attached hydrogens (tertiary/aromatic N) is 6. The lowest BCUT2D eigenvalue weighted by Gasteiger charge is -2.52. The third-order valence-corrected chi connectivity index (χ3v) is 6.62. The SMILES string of the molecule is Cc1c(C#N)cccc1C(C)Nc1nnc(C)c2cnc(N3CC(C)(N(C)C)C3)cc12. The van der Waals surface area contributed by atoms with Gasteiger partial charge in [0.15, 0.2) is 5.82 Å². The zero-order valence-corrected chi connectivity index (χ0v) is 19.1. The summed E-state index contributed by atoms with van der Waals surface area (Å²) in [5, 5.41) is 23.7. The van der Waals surface area contributed by atoms with Crippen molar-refractivity contribution in [3.05, 3.63) is 52.8 Å². The number of hydrogen-bond donors (Lipinski definition) is 1. The molecule has 160 valence electrons. The van der Waals surface area contributed by atoms with Crippen LogP contribution in [-0.4, -0.2) is 52.8 Å². The third-order valence-electron chi connectivity index (χ3n) is 6.62. The van der Waals surface area contributed by atoms with E-state index >= 15 is 0 Å². The zero-order chi connectivity index (χ0) is 22.3. The highest BCUT2D eigenvalue weighted by Crippen LogP contribution is 2.34. The number of anilines is 2. The molecule has 1 aromatic carbocycles. The minimum absolute atomic E-state index is 0.0221. The number of likely N-dealkylation sites (N-methyl/N-ethyl adjacent to an activating group) is 1. The maximum Gasteiger partial charge on any atom is 0.157 e. The van der Waals surface area contributed by atoms with E-state index in [0.29, 0.717) is 5.56 Å². The standard InChI is InChI=1S/C24H29N7/c1-15-18(11-25)8-7-9-19(15)16(2)27-23-20-10-22(26-12-21(20)17(3)28-29-23)31-13-24(4,14-31)30(5)6/h7-10,12,16H,13-14H2,1-6H3,(H,27,29). The van der Waals surface area contributed by atoms with Gasteiger partial charge in [0.05, 0.1) is 28.9 Å². The van der Waals surface area contributed by atoms with Crippen molar-refractivity contribution in [2.45, 2.75) is 39.3 Å². The van der Waals surface area contributed by atoms with Gasteiger partial charge in [-0.2, -0.15) is 10.4 Å². The molecule has 0 radical (unpaired) electrons. The summed E-state index contributed by atoms with van der Waals surface area (Å²) in [6.07, 6.45) is 1.90. The first-order valence-corrected chi connectivity index (χ1v) is 10.5. The summed E-state index contributed by atoms with van der Waals surface area (Å²) in [6.45, 7) is 10.2. The van der Waals surface area contributed by atoms with Crippen LogP contribution < -0.4 is 10.2 Å². The van der Waals surface area contributed by atoms with Crippen LogP contribution in [0.1, 0.15) is 42.3 Å². The van der Waals surface area contributed by atoms with Gasteiger partial charge in [-0.3, -0.25) is 0 Å². The second-order valence-electron chi connectivity index (χ2n) is 8.97. The lowest BCUT2D eigenvalue weighted by molar-refractivity contribution is 0.132. The maximum atomic E-state index is 9.36. The summed E-state index contributed by atoms with van der Waals surface area (Å²) in [7, 11) is 4.24. The normalized spacial score (nSPS) is 16.1. The van der Waals surface area contributed by atoms with Crippen LogP contribution in [0.3, 0.4) is 0 Å². The average Bonchev–Trinajstić information content (AvgIpc) is 2.73. The van der Waals surface area contributed by atoms with E-state index in [4.69, 9.17) is 4.98 Å². The van der Waals surface area contributed by atoms with Crippen molar-refractivity contribution in [2.75, 3.05) is 37.4 Å². The number of rotatable bonds is 5. The number of aromatic nitrogens is 3. The predicted molar refractivity (Wildman–Crippen MR) is 124 cm³/mol. The van der Waals surface area contributed by atoms with Crippen LogP contribution in [0.5, 0.6) is 0 Å². The maximum absolute atomic E-state index is 9.36. The number of hydrogen-bond acceptors (Lipinski definition) is 7. The highest BCUT2D eigenvalue weighted by atomic mass is 15.3. The summed E-state index contributed by atoms with van der Waals surface area (Å²) >= 11 is 0. The van der Waals surface area contributed by atoms with E-state index in [0.717, 1.165) is 52.3 Å². The molecule has 1 saturated heterocycles. The monoisotopic (exact) mass is 415 g/mol. The lowest BCUT2D eigenvalue weighted by Crippen LogP contribution is -2.67. The van der Waals surface area contributed by atoms with E-state index in [9.17, 15) is 5.26 Å². The second-order valence-corrected chi connectivity index (χ2v) is 8.97. The molecule has 1 aliphatic rings. The Bertz CT molecular complexity index is 1170. The highest BCUT2D eigenvalue weighted by molar-refractivity contribution is 5.94. The van der Waals surface area contributed by atoms with E-state index in [1.165, 1.54) is 0 Å². The van der Waals surface area contributed by atoms with Gasteiger partial charge in [-0.15, -0.1) is 5.10 Å². The molecule has 1 N–H and O–H groups in total. The van der Waals surface area contributed by atoms with Gasteiger partial charge in [-0.05, 0) is 65.0 Å². The van der Waals surface area contributed by atoms with Gasteiger partial charge in [0, 0.05) is 30.1 Å². The fourth-order valence-electron chi connectivity index (χ4n) is 4.19. The molecule has 1 unspecified atom stereocenters. The number of benzene rings is 1. The summed E-state index contributed by atoms with van der Waals surface area (Å²) in [5.74, 6) is 1.69. The zero-order valence-electron chi connectivity index (χ0n) is 19.1. The van der Waals surface area contributed by atoms with E-state index in [1.807, 2.05) is 38.2 Å². The van der Waals surface area contributed by atoms with Gasteiger partial charge in [-0.1, -0.05) is 12.1 Å². The number of nitrogens with one attached hydrogen (secondary N) is 1. The van der Waals surface area contributed by atoms with Crippen molar-refractivity contribution in [2.24, 2.45) is 0 Å². The molecular weight excluding hydrogens is 386 g/mol. The molecule has 4 rings (SSSR count). The Morgan fingerprint density at radius 1 is 1.19 bits per heavy atom. The Balaban J connectivity index is 1.67. The van der Waals surface area contributed by atoms with Crippen LogP contribution in [0.4, 0.5) is 11.6 Å². The van der Waals surface area contributed by atoms with Crippen LogP contribution in [0.25, 0.3) is 10.8 Å². The van der Waals surface area contributed by atoms with E-state index in [2.05, 4.69) is 65.4 Å². The van der Waals surface area contributed by atoms with Gasteiger partial charge in [0.25, 0.3) is 0 Å². The first-order valence-electron chi connectivity index (χ1n) is 10.5. The number of nitriles is 1. The molecule has 7 nitrogen and oxygen atoms in total. The highest BCUT2D eigenvalue weighted by Gasteiger charge is 2.41. The second kappa shape index (κ2) is 7.78. The molecule has 0 aliphatic carbocycles. The Morgan fingerprint density at radius 3 is 2.61 bits per heavy atom. The van der Waals surface area contributed by atoms with Crippen LogP contribution in [0.2, 0.25) is 0 Å². The molecule has 0 saturated carbocycles. The van der Waals surface area contributed by atoms with E-state index in [1.54, 1.807) is 0 Å². The van der Waals surface area contributed by atoms with Gasteiger partial charge < -0.3 is 15.1 Å². The van der Waals surface area contributed by atoms with Crippen LogP contribution in [0.15, 0.2) is 30.5 Å². The fraction of sp³-hybridized carbons (Fsp3) is 0.417. The van der Waals surface area contributed by atoms with Crippen molar-refractivity contribution in [3.8, 4) is 6.07 Å². The number of aryl methyl sites for hydroxylation is 1. The van der Waals surface area contributed by atoms with E-state index < -0.39 is 0 Å². The van der Waals surface area contributed by atoms with Crippen molar-refractivity contribution in [1.82, 2.24) is 20.1 Å². The Hall–Kier alpha value is -3.24. The van der Waals surface area contributed by atoms with Crippen LogP contribution in [0, 0.1) is 25.2 Å². The number of pyridine rings is 1. The Kier molecular flexibility index (Phi) is 5.28. The third kappa shape index (κ3) is 3.68. The Morgan fingerprint density at radius 2 is 1.94 bits per heavy atom. The fourth-order valence-corrected chi connectivity index (χ4v) is 4.19. The van der Waals surface area contributed by atoms with E-state index in [-0.39, 0.29) is 11.6 Å². The average molecular weight is 416 g/mol. The summed E-state index contributed by atoms with van der Waals surface area (Å²) in [4.78, 5) is 9.27. The topological polar surface area (TPSA) is 81.0 Å². The predicted octanol–water partition coefficient (Wildman–Crippen LogP) is 3.83. The molecule has 0 bridgehead atoms. The molecule has 3 heterocycles. The summed E-state index contributed by atoms with van der Waals surface area (Å²) in [6, 6.07) is 10.2. The lowest BCUT2D eigenvalue weighted by atomic mass is 9.91. The molecular formula is C24H29N7. The van der Waals surface area contributed by atoms with Gasteiger partial charge >= 0.3 is 0 Å². The minimum Gasteiger partial charge on any atom is -0.362 e. The molecule has 3 aromatic rings. The summed E-state index contributed by atoms with van der Waals surface area (Å²) in [5.41, 5.74) is 3.78. The minimum atomic E-state index is -0.0221. The molecule has 7 heteroatoms. The van der Waals surface area contributed by atoms with Crippen LogP contribution in [-0.2, 0) is 0 Å². The van der Waals surface area contributed by atoms with Gasteiger partial charge in [0.1, 0.15) is 5.82 Å². The molecule has 1 fully saturated rings. The molecule has 0 amide bonds. The van der Waals surface area contributed by atoms with Gasteiger partial charge in [0.2, 0.25) is 0 Å². The van der Waals surface area contributed by atoms with Crippen molar-refractivity contribution in [1.29, 1.82) is 5.26 Å². The first-order chi connectivity index (χ1) is 14.7. The largest absolute Gasteiger partial charge is 0.362 e. The smallest absolute Gasteiger partial charge is 0.157 e. The first kappa shape index (κ1) is 21.0. The van der Waals surface area contributed by atoms with Crippen LogP contribution >= 0.6 is 0 Å². The Labute approximate surface area is 183 Å². The molecule has 0 spiro atoms. The molecule has 31 heavy (non-hydrogen) atoms. The van der Waals surface area contributed by atoms with Gasteiger partial charge in [-0.25, -0.2) is 4.98 Å².